The van der Waals surface area contributed by atoms with Crippen LogP contribution in [0.1, 0.15) is 24.0 Å². The van der Waals surface area contributed by atoms with E-state index in [1.807, 2.05) is 41.3 Å². The predicted molar refractivity (Wildman–Crippen MR) is 162 cm³/mol. The molecule has 1 saturated heterocycles. The summed E-state index contributed by atoms with van der Waals surface area (Å²) in [4.78, 5) is 11.2. The van der Waals surface area contributed by atoms with Gasteiger partial charge in [-0.3, -0.25) is 9.89 Å². The van der Waals surface area contributed by atoms with Gasteiger partial charge in [-0.2, -0.15) is 0 Å². The molecule has 0 saturated carbocycles. The number of guanidine groups is 1. The summed E-state index contributed by atoms with van der Waals surface area (Å²) in [5, 5.41) is 1.01. The molecule has 3 aromatic carbocycles. The van der Waals surface area contributed by atoms with Crippen molar-refractivity contribution in [3.8, 4) is 5.75 Å². The quantitative estimate of drug-likeness (QED) is 0.165. The molecule has 1 fully saturated rings. The van der Waals surface area contributed by atoms with Crippen molar-refractivity contribution in [1.82, 2.24) is 4.90 Å². The van der Waals surface area contributed by atoms with Gasteiger partial charge in [0.1, 0.15) is 11.3 Å². The standard InChI is InChI=1S/C32H39N5O2/c1-24-9-8-12-27(21-24)36-19-17-35(18-20-36)16-7-6-10-25-14-15-30(38-3)28(22-25)37(32(33)34-2)31-23-26-11-4-5-13-29(26)39-31/h4-5,8-9,11-15,21-23H,6-7,10,16-20H2,1-3H3,(H2,33,34). The fraction of sp³-hybridized carbons (Fsp3) is 0.344. The molecule has 5 rings (SSSR count). The summed E-state index contributed by atoms with van der Waals surface area (Å²) < 4.78 is 11.9. The van der Waals surface area contributed by atoms with Crippen molar-refractivity contribution >= 4 is 34.2 Å². The van der Waals surface area contributed by atoms with Crippen molar-refractivity contribution in [3.05, 3.63) is 83.9 Å². The van der Waals surface area contributed by atoms with Gasteiger partial charge in [0.2, 0.25) is 11.8 Å². The first kappa shape index (κ1) is 26.6. The molecule has 1 aromatic heterocycles. The molecule has 0 radical (unpaired) electrons. The maximum absolute atomic E-state index is 6.39. The molecule has 39 heavy (non-hydrogen) atoms. The third-order valence-corrected chi connectivity index (χ3v) is 7.50. The minimum absolute atomic E-state index is 0.342. The number of nitrogens with zero attached hydrogens (tertiary/aromatic N) is 4. The number of para-hydroxylation sites is 1. The highest BCUT2D eigenvalue weighted by atomic mass is 16.5. The van der Waals surface area contributed by atoms with Crippen molar-refractivity contribution in [2.24, 2.45) is 10.7 Å². The summed E-state index contributed by atoms with van der Waals surface area (Å²) in [6.45, 7) is 7.69. The monoisotopic (exact) mass is 525 g/mol. The van der Waals surface area contributed by atoms with Crippen LogP contribution in [0, 0.1) is 6.92 Å². The fourth-order valence-electron chi connectivity index (χ4n) is 5.32. The van der Waals surface area contributed by atoms with Gasteiger partial charge < -0.3 is 19.8 Å². The Morgan fingerprint density at radius 3 is 2.54 bits per heavy atom. The van der Waals surface area contributed by atoms with Gasteiger partial charge in [-0.05, 0) is 74.2 Å². The highest BCUT2D eigenvalue weighted by Gasteiger charge is 2.22. The first-order chi connectivity index (χ1) is 19.1. The van der Waals surface area contributed by atoms with Gasteiger partial charge in [0.15, 0.2) is 0 Å². The number of fused-ring (bicyclic) bond motifs is 1. The number of furan rings is 1. The first-order valence-electron chi connectivity index (χ1n) is 13.8. The number of unbranched alkanes of at least 4 members (excludes halogenated alkanes) is 1. The molecule has 0 atom stereocenters. The van der Waals surface area contributed by atoms with Gasteiger partial charge in [0, 0.05) is 50.4 Å². The molecule has 204 valence electrons. The zero-order valence-corrected chi connectivity index (χ0v) is 23.3. The van der Waals surface area contributed by atoms with Gasteiger partial charge in [0.25, 0.3) is 0 Å². The molecule has 7 heteroatoms. The SMILES string of the molecule is CN=C(N)N(c1cc2ccccc2o1)c1cc(CCCCN2CCN(c3cccc(C)c3)CC2)ccc1OC. The Bertz CT molecular complexity index is 1390. The molecule has 1 aliphatic rings. The van der Waals surface area contributed by atoms with Crippen molar-refractivity contribution < 1.29 is 9.15 Å². The number of hydrogen-bond acceptors (Lipinski definition) is 5. The molecular formula is C32H39N5O2. The van der Waals surface area contributed by atoms with Gasteiger partial charge in [0.05, 0.1) is 12.8 Å². The Morgan fingerprint density at radius 1 is 0.974 bits per heavy atom. The van der Waals surface area contributed by atoms with E-state index in [-0.39, 0.29) is 0 Å². The lowest BCUT2D eigenvalue weighted by Crippen LogP contribution is -2.46. The van der Waals surface area contributed by atoms with Crippen LogP contribution in [0.5, 0.6) is 5.75 Å². The summed E-state index contributed by atoms with van der Waals surface area (Å²) >= 11 is 0. The molecule has 2 heterocycles. The highest BCUT2D eigenvalue weighted by Crippen LogP contribution is 2.37. The lowest BCUT2D eigenvalue weighted by Gasteiger charge is -2.36. The Kier molecular flexibility index (Phi) is 8.37. The second-order valence-electron chi connectivity index (χ2n) is 10.2. The lowest BCUT2D eigenvalue weighted by atomic mass is 10.1. The van der Waals surface area contributed by atoms with Crippen molar-refractivity contribution in [3.63, 3.8) is 0 Å². The average Bonchev–Trinajstić information content (AvgIpc) is 3.39. The third kappa shape index (κ3) is 6.20. The van der Waals surface area contributed by atoms with Crippen molar-refractivity contribution in [2.45, 2.75) is 26.2 Å². The Hall–Kier alpha value is -3.97. The number of methoxy groups -OCH3 is 1. The Balaban J connectivity index is 1.21. The number of hydrogen-bond donors (Lipinski definition) is 1. The fourth-order valence-corrected chi connectivity index (χ4v) is 5.32. The van der Waals surface area contributed by atoms with Crippen LogP contribution in [0.2, 0.25) is 0 Å². The summed E-state index contributed by atoms with van der Waals surface area (Å²) in [5.74, 6) is 1.67. The van der Waals surface area contributed by atoms with Crippen LogP contribution in [0.15, 0.2) is 82.2 Å². The molecule has 7 nitrogen and oxygen atoms in total. The summed E-state index contributed by atoms with van der Waals surface area (Å²) in [7, 11) is 3.36. The van der Waals surface area contributed by atoms with E-state index in [1.165, 1.54) is 16.8 Å². The normalized spacial score (nSPS) is 14.6. The van der Waals surface area contributed by atoms with Gasteiger partial charge in [-0.15, -0.1) is 0 Å². The van der Waals surface area contributed by atoms with E-state index in [0.717, 1.165) is 74.4 Å². The highest BCUT2D eigenvalue weighted by molar-refractivity contribution is 6.03. The number of ether oxygens (including phenoxy) is 1. The number of aliphatic imine (C=N–C) groups is 1. The maximum Gasteiger partial charge on any atom is 0.208 e. The van der Waals surface area contributed by atoms with Gasteiger partial charge in [-0.25, -0.2) is 4.90 Å². The van der Waals surface area contributed by atoms with E-state index >= 15 is 0 Å². The minimum atomic E-state index is 0.342. The van der Waals surface area contributed by atoms with Gasteiger partial charge >= 0.3 is 0 Å². The van der Waals surface area contributed by atoms with Crippen LogP contribution in [0.3, 0.4) is 0 Å². The van der Waals surface area contributed by atoms with Crippen LogP contribution >= 0.6 is 0 Å². The summed E-state index contributed by atoms with van der Waals surface area (Å²) in [6, 6.07) is 25.0. The Morgan fingerprint density at radius 2 is 1.79 bits per heavy atom. The third-order valence-electron chi connectivity index (χ3n) is 7.50. The van der Waals surface area contributed by atoms with Crippen LogP contribution in [-0.4, -0.2) is 57.7 Å². The van der Waals surface area contributed by atoms with E-state index in [4.69, 9.17) is 14.9 Å². The molecule has 2 N–H and O–H groups in total. The van der Waals surface area contributed by atoms with E-state index < -0.39 is 0 Å². The smallest absolute Gasteiger partial charge is 0.208 e. The first-order valence-corrected chi connectivity index (χ1v) is 13.8. The number of benzene rings is 3. The predicted octanol–water partition coefficient (Wildman–Crippen LogP) is 5.98. The van der Waals surface area contributed by atoms with Crippen molar-refractivity contribution in [1.29, 1.82) is 0 Å². The van der Waals surface area contributed by atoms with E-state index in [1.54, 1.807) is 14.2 Å². The van der Waals surface area contributed by atoms with Crippen LogP contribution in [-0.2, 0) is 6.42 Å². The van der Waals surface area contributed by atoms with E-state index in [9.17, 15) is 0 Å². The van der Waals surface area contributed by atoms with Gasteiger partial charge in [-0.1, -0.05) is 36.4 Å². The number of aryl methyl sites for hydroxylation is 2. The van der Waals surface area contributed by atoms with Crippen LogP contribution < -0.4 is 20.3 Å². The average molecular weight is 526 g/mol. The molecule has 0 unspecified atom stereocenters. The van der Waals surface area contributed by atoms with Crippen LogP contribution in [0.25, 0.3) is 11.0 Å². The number of anilines is 3. The number of piperazine rings is 1. The molecule has 0 aliphatic carbocycles. The number of rotatable bonds is 9. The maximum atomic E-state index is 6.39. The molecule has 0 spiro atoms. The molecular weight excluding hydrogens is 486 g/mol. The molecule has 1 aliphatic heterocycles. The van der Waals surface area contributed by atoms with Crippen LogP contribution in [0.4, 0.5) is 17.3 Å². The summed E-state index contributed by atoms with van der Waals surface area (Å²) in [5.41, 5.74) is 11.9. The zero-order chi connectivity index (χ0) is 27.2. The van der Waals surface area contributed by atoms with E-state index in [0.29, 0.717) is 11.8 Å². The van der Waals surface area contributed by atoms with E-state index in [2.05, 4.69) is 58.1 Å². The number of nitrogens with two attached hydrogens (primary N) is 1. The summed E-state index contributed by atoms with van der Waals surface area (Å²) in [6.07, 6.45) is 3.26. The Labute approximate surface area is 231 Å². The molecule has 0 bridgehead atoms. The lowest BCUT2D eigenvalue weighted by molar-refractivity contribution is 0.253. The zero-order valence-electron chi connectivity index (χ0n) is 23.3. The molecule has 4 aromatic rings. The van der Waals surface area contributed by atoms with Crippen molar-refractivity contribution in [2.75, 3.05) is 56.7 Å². The second kappa shape index (κ2) is 12.3. The topological polar surface area (TPSA) is 70.5 Å². The largest absolute Gasteiger partial charge is 0.495 e. The minimum Gasteiger partial charge on any atom is -0.495 e. The molecule has 0 amide bonds. The second-order valence-corrected chi connectivity index (χ2v) is 10.2.